The molecule has 1 aromatic carbocycles. The summed E-state index contributed by atoms with van der Waals surface area (Å²) in [5.41, 5.74) is 0.340. The van der Waals surface area contributed by atoms with Crippen LogP contribution in [0.1, 0.15) is 17.4 Å². The second-order valence-corrected chi connectivity index (χ2v) is 4.84. The van der Waals surface area contributed by atoms with Gasteiger partial charge in [-0.2, -0.15) is 5.10 Å². The summed E-state index contributed by atoms with van der Waals surface area (Å²) in [6.07, 6.45) is 1.49. The number of aromatic nitrogens is 2. The number of aliphatic hydroxyl groups excluding tert-OH is 1. The van der Waals surface area contributed by atoms with E-state index in [9.17, 15) is 14.9 Å². The number of nitrogens with zero attached hydrogens (tertiary/aromatic N) is 4. The molecule has 2 rings (SSSR count). The number of hydrogen-bond acceptors (Lipinski definition) is 5. The van der Waals surface area contributed by atoms with E-state index in [-0.39, 0.29) is 35.6 Å². The van der Waals surface area contributed by atoms with Crippen LogP contribution < -0.4 is 0 Å². The molecule has 2 aromatic rings. The van der Waals surface area contributed by atoms with Crippen molar-refractivity contribution in [2.75, 3.05) is 13.7 Å². The fourth-order valence-electron chi connectivity index (χ4n) is 1.89. The highest BCUT2D eigenvalue weighted by Gasteiger charge is 2.21. The van der Waals surface area contributed by atoms with Gasteiger partial charge in [0, 0.05) is 19.3 Å². The number of carbonyl (C=O) groups is 1. The Hall–Kier alpha value is -2.74. The molecule has 0 spiro atoms. The number of benzene rings is 1. The monoisotopic (exact) mass is 304 g/mol. The molecular formula is C14H16N4O4. The zero-order chi connectivity index (χ0) is 16.3. The first-order chi connectivity index (χ1) is 10.5. The lowest BCUT2D eigenvalue weighted by molar-refractivity contribution is -0.384. The molecule has 22 heavy (non-hydrogen) atoms. The molecular weight excluding hydrogens is 288 g/mol. The molecule has 1 aromatic heterocycles. The van der Waals surface area contributed by atoms with E-state index in [1.807, 2.05) is 0 Å². The van der Waals surface area contributed by atoms with Gasteiger partial charge < -0.3 is 10.0 Å². The van der Waals surface area contributed by atoms with Crippen LogP contribution >= 0.6 is 0 Å². The first-order valence-corrected chi connectivity index (χ1v) is 6.63. The first kappa shape index (κ1) is 15.6. The van der Waals surface area contributed by atoms with Crippen LogP contribution in [0.4, 0.5) is 5.69 Å². The highest BCUT2D eigenvalue weighted by atomic mass is 16.6. The molecule has 1 amide bonds. The fourth-order valence-corrected chi connectivity index (χ4v) is 1.89. The predicted molar refractivity (Wildman–Crippen MR) is 78.9 cm³/mol. The number of aliphatic hydroxyl groups is 1. The highest BCUT2D eigenvalue weighted by molar-refractivity contribution is 5.92. The molecule has 0 saturated heterocycles. The maximum atomic E-state index is 12.2. The van der Waals surface area contributed by atoms with Crippen molar-refractivity contribution in [3.63, 3.8) is 0 Å². The minimum atomic E-state index is -0.502. The Labute approximate surface area is 126 Å². The van der Waals surface area contributed by atoms with Gasteiger partial charge in [0.1, 0.15) is 5.69 Å². The lowest BCUT2D eigenvalue weighted by Crippen LogP contribution is -2.37. The summed E-state index contributed by atoms with van der Waals surface area (Å²) in [6.45, 7) is 1.55. The van der Waals surface area contributed by atoms with E-state index in [0.717, 1.165) is 0 Å². The summed E-state index contributed by atoms with van der Waals surface area (Å²) in [5.74, 6) is -0.362. The topological polar surface area (TPSA) is 102 Å². The predicted octanol–water partition coefficient (Wildman–Crippen LogP) is 1.23. The van der Waals surface area contributed by atoms with E-state index >= 15 is 0 Å². The van der Waals surface area contributed by atoms with Crippen molar-refractivity contribution < 1.29 is 14.8 Å². The molecule has 0 aliphatic carbocycles. The van der Waals surface area contributed by atoms with Crippen LogP contribution in [-0.4, -0.2) is 50.3 Å². The normalized spacial score (nSPS) is 12.0. The van der Waals surface area contributed by atoms with Crippen molar-refractivity contribution in [3.05, 3.63) is 52.3 Å². The average molecular weight is 304 g/mol. The standard InChI is InChI=1S/C14H16N4O4/c1-10(9-19)16(2)14(20)11-7-8-17(15-11)12-5-3-4-6-13(12)18(21)22/h3-8,10,19H,9H2,1-2H3. The molecule has 1 unspecified atom stereocenters. The number of amides is 1. The molecule has 8 heteroatoms. The zero-order valence-electron chi connectivity index (χ0n) is 12.2. The molecule has 1 heterocycles. The maximum Gasteiger partial charge on any atom is 0.294 e. The number of rotatable bonds is 5. The molecule has 0 aliphatic heterocycles. The summed E-state index contributed by atoms with van der Waals surface area (Å²) in [7, 11) is 1.56. The number of nitro groups is 1. The third kappa shape index (κ3) is 2.96. The summed E-state index contributed by atoms with van der Waals surface area (Å²) >= 11 is 0. The molecule has 1 N–H and O–H groups in total. The second-order valence-electron chi connectivity index (χ2n) is 4.84. The molecule has 8 nitrogen and oxygen atoms in total. The minimum Gasteiger partial charge on any atom is -0.394 e. The first-order valence-electron chi connectivity index (χ1n) is 6.63. The van der Waals surface area contributed by atoms with Gasteiger partial charge in [0.2, 0.25) is 0 Å². The van der Waals surface area contributed by atoms with Crippen LogP contribution in [0.5, 0.6) is 0 Å². The van der Waals surface area contributed by atoms with Crippen molar-refractivity contribution in [3.8, 4) is 5.69 Å². The van der Waals surface area contributed by atoms with E-state index in [1.54, 1.807) is 32.2 Å². The smallest absolute Gasteiger partial charge is 0.294 e. The van der Waals surface area contributed by atoms with Crippen LogP contribution in [0.15, 0.2) is 36.5 Å². The van der Waals surface area contributed by atoms with Crippen LogP contribution in [-0.2, 0) is 0 Å². The summed E-state index contributed by atoms with van der Waals surface area (Å²) < 4.78 is 1.29. The van der Waals surface area contributed by atoms with Gasteiger partial charge in [-0.15, -0.1) is 0 Å². The third-order valence-electron chi connectivity index (χ3n) is 3.38. The lowest BCUT2D eigenvalue weighted by Gasteiger charge is -2.21. The molecule has 116 valence electrons. The van der Waals surface area contributed by atoms with E-state index < -0.39 is 4.92 Å². The summed E-state index contributed by atoms with van der Waals surface area (Å²) in [5, 5.41) is 24.2. The van der Waals surface area contributed by atoms with Crippen LogP contribution in [0.25, 0.3) is 5.69 Å². The Morgan fingerprint density at radius 1 is 1.45 bits per heavy atom. The molecule has 0 aliphatic rings. The number of para-hydroxylation sites is 2. The van der Waals surface area contributed by atoms with Crippen LogP contribution in [0.2, 0.25) is 0 Å². The van der Waals surface area contributed by atoms with Crippen molar-refractivity contribution in [2.24, 2.45) is 0 Å². The van der Waals surface area contributed by atoms with Crippen molar-refractivity contribution in [1.82, 2.24) is 14.7 Å². The van der Waals surface area contributed by atoms with E-state index in [2.05, 4.69) is 5.10 Å². The Kier molecular flexibility index (Phi) is 4.52. The van der Waals surface area contributed by atoms with Gasteiger partial charge in [-0.1, -0.05) is 12.1 Å². The highest BCUT2D eigenvalue weighted by Crippen LogP contribution is 2.21. The van der Waals surface area contributed by atoms with Crippen LogP contribution in [0.3, 0.4) is 0 Å². The average Bonchev–Trinajstić information content (AvgIpc) is 3.02. The number of hydrogen-bond donors (Lipinski definition) is 1. The Morgan fingerprint density at radius 3 is 2.77 bits per heavy atom. The number of nitro benzene ring substituents is 1. The molecule has 0 radical (unpaired) electrons. The molecule has 0 saturated carbocycles. The van der Waals surface area contributed by atoms with Crippen molar-refractivity contribution in [2.45, 2.75) is 13.0 Å². The van der Waals surface area contributed by atoms with Gasteiger partial charge in [0.25, 0.3) is 11.6 Å². The number of likely N-dealkylation sites (N-methyl/N-ethyl adjacent to an activating group) is 1. The van der Waals surface area contributed by atoms with E-state index in [1.165, 1.54) is 27.9 Å². The van der Waals surface area contributed by atoms with Crippen molar-refractivity contribution in [1.29, 1.82) is 0 Å². The van der Waals surface area contributed by atoms with Gasteiger partial charge in [0.05, 0.1) is 17.6 Å². The Balaban J connectivity index is 2.33. The molecule has 1 atom stereocenters. The Morgan fingerprint density at radius 2 is 2.14 bits per heavy atom. The maximum absolute atomic E-state index is 12.2. The quantitative estimate of drug-likeness (QED) is 0.661. The Bertz CT molecular complexity index is 698. The second kappa shape index (κ2) is 6.35. The number of carbonyl (C=O) groups excluding carboxylic acids is 1. The minimum absolute atomic E-state index is 0.0957. The van der Waals surface area contributed by atoms with Gasteiger partial charge >= 0.3 is 0 Å². The van der Waals surface area contributed by atoms with Gasteiger partial charge in [-0.3, -0.25) is 14.9 Å². The van der Waals surface area contributed by atoms with Gasteiger partial charge in [-0.05, 0) is 19.1 Å². The van der Waals surface area contributed by atoms with E-state index in [4.69, 9.17) is 5.11 Å². The fraction of sp³-hybridized carbons (Fsp3) is 0.286. The third-order valence-corrected chi connectivity index (χ3v) is 3.38. The SMILES string of the molecule is CC(CO)N(C)C(=O)c1ccn(-c2ccccc2[N+](=O)[O-])n1. The molecule has 0 fully saturated rings. The van der Waals surface area contributed by atoms with Crippen LogP contribution in [0, 0.1) is 10.1 Å². The largest absolute Gasteiger partial charge is 0.394 e. The van der Waals surface area contributed by atoms with Crippen molar-refractivity contribution >= 4 is 11.6 Å². The van der Waals surface area contributed by atoms with E-state index in [0.29, 0.717) is 0 Å². The van der Waals surface area contributed by atoms with Gasteiger partial charge in [0.15, 0.2) is 5.69 Å². The zero-order valence-corrected chi connectivity index (χ0v) is 12.2. The lowest BCUT2D eigenvalue weighted by atomic mass is 10.3. The summed E-state index contributed by atoms with van der Waals surface area (Å²) in [6, 6.07) is 7.29. The molecule has 0 bridgehead atoms. The summed E-state index contributed by atoms with van der Waals surface area (Å²) in [4.78, 5) is 24.1. The van der Waals surface area contributed by atoms with Gasteiger partial charge in [-0.25, -0.2) is 4.68 Å².